The second-order valence-electron chi connectivity index (χ2n) is 12.5. The molecule has 246 valence electrons. The third kappa shape index (κ3) is 11.4. The lowest BCUT2D eigenvalue weighted by atomic mass is 10.1. The van der Waals surface area contributed by atoms with Gasteiger partial charge in [-0.2, -0.15) is 0 Å². The summed E-state index contributed by atoms with van der Waals surface area (Å²) in [6, 6.07) is 19.4. The van der Waals surface area contributed by atoms with E-state index < -0.39 is 0 Å². The lowest BCUT2D eigenvalue weighted by Gasteiger charge is -2.07. The third-order valence-corrected chi connectivity index (χ3v) is 8.29. The van der Waals surface area contributed by atoms with Crippen LogP contribution in [0, 0.1) is 13.8 Å². The Morgan fingerprint density at radius 3 is 2.04 bits per heavy atom. The minimum Gasteiger partial charge on any atom is -0.492 e. The zero-order valence-electron chi connectivity index (χ0n) is 28.4. The van der Waals surface area contributed by atoms with Gasteiger partial charge in [0.2, 0.25) is 0 Å². The third-order valence-electron chi connectivity index (χ3n) is 8.29. The molecule has 0 N–H and O–H groups in total. The SMILES string of the molecule is CCCCCCOCc1cn(CCOc2ccc(CC[n+]3ccc(-c4cc[n+](CCC[n+]5cc(C)cc(C)c5)cc4)cc3)cc2)nn1. The first-order valence-electron chi connectivity index (χ1n) is 17.2. The number of unbranched alkanes of at least 4 members (excludes halogenated alkanes) is 3. The molecule has 4 heterocycles. The van der Waals surface area contributed by atoms with E-state index in [2.05, 4.69) is 124 Å². The molecule has 5 aromatic rings. The number of nitrogens with zero attached hydrogens (tertiary/aromatic N) is 6. The van der Waals surface area contributed by atoms with Crippen LogP contribution in [0.3, 0.4) is 0 Å². The molecule has 0 fully saturated rings. The molecule has 0 saturated carbocycles. The number of hydrogen-bond acceptors (Lipinski definition) is 4. The van der Waals surface area contributed by atoms with Crippen LogP contribution in [0.5, 0.6) is 5.75 Å². The van der Waals surface area contributed by atoms with Gasteiger partial charge < -0.3 is 9.47 Å². The van der Waals surface area contributed by atoms with Gasteiger partial charge in [0.1, 0.15) is 18.1 Å². The lowest BCUT2D eigenvalue weighted by Crippen LogP contribution is -2.38. The maximum atomic E-state index is 5.95. The topological polar surface area (TPSA) is 60.8 Å². The number of benzene rings is 1. The van der Waals surface area contributed by atoms with Gasteiger partial charge in [0, 0.05) is 48.4 Å². The summed E-state index contributed by atoms with van der Waals surface area (Å²) in [5, 5.41) is 8.40. The summed E-state index contributed by atoms with van der Waals surface area (Å²) in [5.74, 6) is 0.867. The van der Waals surface area contributed by atoms with E-state index in [9.17, 15) is 0 Å². The van der Waals surface area contributed by atoms with Crippen molar-refractivity contribution in [3.05, 3.63) is 120 Å². The van der Waals surface area contributed by atoms with Gasteiger partial charge in [-0.3, -0.25) is 0 Å². The largest absolute Gasteiger partial charge is 0.492 e. The Kier molecular flexibility index (Phi) is 13.0. The van der Waals surface area contributed by atoms with Gasteiger partial charge in [0.15, 0.2) is 56.8 Å². The molecule has 0 unspecified atom stereocenters. The molecule has 5 rings (SSSR count). The molecule has 0 radical (unpaired) electrons. The van der Waals surface area contributed by atoms with Crippen molar-refractivity contribution in [2.75, 3.05) is 13.2 Å². The summed E-state index contributed by atoms with van der Waals surface area (Å²) in [6.45, 7) is 12.0. The number of rotatable bonds is 19. The van der Waals surface area contributed by atoms with Crippen LogP contribution in [0.15, 0.2) is 98.0 Å². The van der Waals surface area contributed by atoms with E-state index in [0.717, 1.165) is 56.9 Å². The molecule has 0 bridgehead atoms. The second kappa shape index (κ2) is 18.0. The minimum absolute atomic E-state index is 0.513. The van der Waals surface area contributed by atoms with Crippen molar-refractivity contribution in [2.45, 2.75) is 92.1 Å². The standard InChI is InChI=1S/C39H51N6O2/c1-4-5-6-7-26-46-32-38-31-45(41-40-38)25-27-47-39-11-9-35(10-12-39)13-20-43-23-16-37(17-24-43)36-14-21-42(22-15-36)18-8-19-44-29-33(2)28-34(3)30-44/h9-12,14-17,21-24,28-31H,4-8,13,18-20,25-27,32H2,1-3H3/q+3. The Labute approximate surface area is 280 Å². The van der Waals surface area contributed by atoms with Crippen molar-refractivity contribution in [3.63, 3.8) is 0 Å². The summed E-state index contributed by atoms with van der Waals surface area (Å²) in [4.78, 5) is 0. The zero-order valence-corrected chi connectivity index (χ0v) is 28.4. The van der Waals surface area contributed by atoms with Crippen LogP contribution < -0.4 is 18.4 Å². The Morgan fingerprint density at radius 2 is 1.36 bits per heavy atom. The van der Waals surface area contributed by atoms with E-state index in [0.29, 0.717) is 19.8 Å². The van der Waals surface area contributed by atoms with Gasteiger partial charge in [-0.15, -0.1) is 5.10 Å². The van der Waals surface area contributed by atoms with Crippen molar-refractivity contribution in [1.29, 1.82) is 0 Å². The average molecular weight is 636 g/mol. The predicted octanol–water partition coefficient (Wildman–Crippen LogP) is 5.93. The summed E-state index contributed by atoms with van der Waals surface area (Å²) in [7, 11) is 0. The number of hydrogen-bond donors (Lipinski definition) is 0. The van der Waals surface area contributed by atoms with Crippen molar-refractivity contribution in [1.82, 2.24) is 15.0 Å². The molecule has 8 nitrogen and oxygen atoms in total. The fourth-order valence-electron chi connectivity index (χ4n) is 5.75. The van der Waals surface area contributed by atoms with Gasteiger partial charge in [-0.05, 0) is 55.2 Å². The summed E-state index contributed by atoms with van der Waals surface area (Å²) >= 11 is 0. The highest BCUT2D eigenvalue weighted by Crippen LogP contribution is 2.16. The van der Waals surface area contributed by atoms with E-state index in [1.807, 2.05) is 23.0 Å². The predicted molar refractivity (Wildman–Crippen MR) is 182 cm³/mol. The lowest BCUT2D eigenvalue weighted by molar-refractivity contribution is -0.727. The maximum absolute atomic E-state index is 5.95. The van der Waals surface area contributed by atoms with E-state index in [4.69, 9.17) is 9.47 Å². The summed E-state index contributed by atoms with van der Waals surface area (Å²) in [5.41, 5.74) is 7.23. The molecule has 47 heavy (non-hydrogen) atoms. The van der Waals surface area contributed by atoms with E-state index in [1.54, 1.807) is 0 Å². The molecular formula is C39H51N6O2+3. The van der Waals surface area contributed by atoms with Crippen molar-refractivity contribution in [3.8, 4) is 16.9 Å². The molecule has 0 aliphatic rings. The van der Waals surface area contributed by atoms with E-state index in [-0.39, 0.29) is 0 Å². The molecule has 4 aromatic heterocycles. The molecule has 0 spiro atoms. The zero-order chi connectivity index (χ0) is 32.7. The van der Waals surface area contributed by atoms with Crippen molar-refractivity contribution in [2.24, 2.45) is 0 Å². The average Bonchev–Trinajstić information content (AvgIpc) is 3.53. The summed E-state index contributed by atoms with van der Waals surface area (Å²) < 4.78 is 20.3. The first-order chi connectivity index (χ1) is 23.0. The van der Waals surface area contributed by atoms with Crippen LogP contribution in [0.2, 0.25) is 0 Å². The van der Waals surface area contributed by atoms with Crippen LogP contribution >= 0.6 is 0 Å². The van der Waals surface area contributed by atoms with Crippen molar-refractivity contribution < 1.29 is 23.2 Å². The van der Waals surface area contributed by atoms with Gasteiger partial charge in [0.25, 0.3) is 0 Å². The Bertz CT molecular complexity index is 1610. The Hall–Kier alpha value is -4.43. The normalized spacial score (nSPS) is 11.2. The molecule has 0 aliphatic carbocycles. The first kappa shape index (κ1) is 33.9. The maximum Gasteiger partial charge on any atom is 0.171 e. The van der Waals surface area contributed by atoms with Crippen LogP contribution in [-0.2, 0) is 43.9 Å². The van der Waals surface area contributed by atoms with Gasteiger partial charge in [0.05, 0.1) is 25.8 Å². The van der Waals surface area contributed by atoms with E-state index in [1.165, 1.54) is 47.1 Å². The van der Waals surface area contributed by atoms with Gasteiger partial charge >= 0.3 is 0 Å². The molecule has 8 heteroatoms. The highest BCUT2D eigenvalue weighted by molar-refractivity contribution is 5.60. The molecule has 1 aromatic carbocycles. The highest BCUT2D eigenvalue weighted by atomic mass is 16.5. The van der Waals surface area contributed by atoms with Crippen LogP contribution in [0.25, 0.3) is 11.1 Å². The smallest absolute Gasteiger partial charge is 0.171 e. The summed E-state index contributed by atoms with van der Waals surface area (Å²) in [6.07, 6.45) is 22.0. The molecular weight excluding hydrogens is 584 g/mol. The number of pyridine rings is 3. The number of aromatic nitrogens is 6. The number of ether oxygens (including phenoxy) is 2. The van der Waals surface area contributed by atoms with Crippen LogP contribution in [0.1, 0.15) is 61.4 Å². The quantitative estimate of drug-likeness (QED) is 0.0834. The van der Waals surface area contributed by atoms with Gasteiger partial charge in [-0.25, -0.2) is 18.4 Å². The van der Waals surface area contributed by atoms with Crippen LogP contribution in [0.4, 0.5) is 0 Å². The fraction of sp³-hybridized carbons (Fsp3) is 0.410. The highest BCUT2D eigenvalue weighted by Gasteiger charge is 2.09. The monoisotopic (exact) mass is 635 g/mol. The first-order valence-corrected chi connectivity index (χ1v) is 17.2. The van der Waals surface area contributed by atoms with Gasteiger partial charge in [-0.1, -0.05) is 43.5 Å². The Balaban J connectivity index is 0.989. The molecule has 0 aliphatic heterocycles. The van der Waals surface area contributed by atoms with Crippen LogP contribution in [-0.4, -0.2) is 28.2 Å². The number of aryl methyl sites for hydroxylation is 6. The molecule has 0 atom stereocenters. The second-order valence-corrected chi connectivity index (χ2v) is 12.5. The fourth-order valence-corrected chi connectivity index (χ4v) is 5.75. The Morgan fingerprint density at radius 1 is 0.702 bits per heavy atom. The van der Waals surface area contributed by atoms with E-state index >= 15 is 0 Å². The minimum atomic E-state index is 0.513. The molecule has 0 amide bonds. The molecule has 0 saturated heterocycles. The van der Waals surface area contributed by atoms with Crippen molar-refractivity contribution >= 4 is 0 Å².